The predicted molar refractivity (Wildman–Crippen MR) is 96.4 cm³/mol. The molecule has 2 saturated heterocycles. The monoisotopic (exact) mass is 376 g/mol. The van der Waals surface area contributed by atoms with Gasteiger partial charge in [0, 0.05) is 19.1 Å². The second-order valence-corrected chi connectivity index (χ2v) is 7.37. The molecule has 26 heavy (non-hydrogen) atoms. The molecule has 2 fully saturated rings. The van der Waals surface area contributed by atoms with E-state index in [0.717, 1.165) is 25.2 Å². The molecule has 2 aromatic heterocycles. The summed E-state index contributed by atoms with van der Waals surface area (Å²) in [6, 6.07) is 2.07. The van der Waals surface area contributed by atoms with Gasteiger partial charge in [-0.05, 0) is 26.4 Å². The van der Waals surface area contributed by atoms with Gasteiger partial charge in [0.15, 0.2) is 0 Å². The predicted octanol–water partition coefficient (Wildman–Crippen LogP) is 1.24. The van der Waals surface area contributed by atoms with E-state index >= 15 is 0 Å². The molecule has 3 atom stereocenters. The Bertz CT molecular complexity index is 863. The lowest BCUT2D eigenvalue weighted by Crippen LogP contribution is -2.42. The highest BCUT2D eigenvalue weighted by atomic mass is 35.5. The third-order valence-corrected chi connectivity index (χ3v) is 5.57. The second-order valence-electron chi connectivity index (χ2n) is 6.99. The molecule has 1 unspecified atom stereocenters. The van der Waals surface area contributed by atoms with Gasteiger partial charge >= 0.3 is 0 Å². The first kappa shape index (κ1) is 17.5. The van der Waals surface area contributed by atoms with Crippen LogP contribution >= 0.6 is 11.6 Å². The minimum Gasteiger partial charge on any atom is -0.389 e. The molecule has 2 aromatic rings. The van der Waals surface area contributed by atoms with Crippen molar-refractivity contribution in [2.75, 3.05) is 38.7 Å². The smallest absolute Gasteiger partial charge is 0.241 e. The molecule has 0 saturated carbocycles. The van der Waals surface area contributed by atoms with Gasteiger partial charge in [-0.2, -0.15) is 5.26 Å². The van der Waals surface area contributed by atoms with Crippen molar-refractivity contribution in [3.8, 4) is 6.07 Å². The molecule has 4 heterocycles. The van der Waals surface area contributed by atoms with Gasteiger partial charge in [-0.15, -0.1) is 5.10 Å². The molecule has 9 heteroatoms. The zero-order valence-electron chi connectivity index (χ0n) is 14.5. The average molecular weight is 377 g/mol. The number of anilines is 1. The Morgan fingerprint density at radius 1 is 1.46 bits per heavy atom. The summed E-state index contributed by atoms with van der Waals surface area (Å²) >= 11 is 6.43. The second kappa shape index (κ2) is 7.00. The standard InChI is InChI=1S/C17H21ClN6O2/c1-23-4-2-10(8-23)16-11(6-19)15(18)13-7-20-17(22-24(13)16)21-12-3-5-26-9-14(12)25/h7,10,12,14,25H,2-5,8-9H2,1H3,(H,21,22)/t10?,12-,14-/m1/s1. The molecule has 0 spiro atoms. The number of hydrogen-bond donors (Lipinski definition) is 2. The molecule has 138 valence electrons. The van der Waals surface area contributed by atoms with Gasteiger partial charge in [-0.3, -0.25) is 0 Å². The van der Waals surface area contributed by atoms with Crippen LogP contribution in [0.25, 0.3) is 5.52 Å². The number of likely N-dealkylation sites (N-methyl/N-ethyl adjacent to an activating group) is 1. The highest BCUT2D eigenvalue weighted by Gasteiger charge is 2.30. The van der Waals surface area contributed by atoms with Crippen LogP contribution < -0.4 is 5.32 Å². The first-order valence-electron chi connectivity index (χ1n) is 8.76. The summed E-state index contributed by atoms with van der Waals surface area (Å²) in [5.41, 5.74) is 1.95. The van der Waals surface area contributed by atoms with Crippen LogP contribution in [0.3, 0.4) is 0 Å². The van der Waals surface area contributed by atoms with Gasteiger partial charge in [0.05, 0.1) is 41.2 Å². The maximum atomic E-state index is 10.1. The van der Waals surface area contributed by atoms with E-state index in [1.54, 1.807) is 10.7 Å². The third kappa shape index (κ3) is 3.01. The van der Waals surface area contributed by atoms with Gasteiger partial charge in [-0.25, -0.2) is 9.50 Å². The number of rotatable bonds is 3. The van der Waals surface area contributed by atoms with Gasteiger partial charge < -0.3 is 20.1 Å². The van der Waals surface area contributed by atoms with E-state index in [1.165, 1.54) is 0 Å². The van der Waals surface area contributed by atoms with E-state index in [0.29, 0.717) is 41.7 Å². The molecule has 8 nitrogen and oxygen atoms in total. The number of ether oxygens (including phenoxy) is 1. The molecule has 2 aliphatic rings. The molecular formula is C17H21ClN6O2. The van der Waals surface area contributed by atoms with Crippen molar-refractivity contribution in [3.05, 3.63) is 22.5 Å². The maximum Gasteiger partial charge on any atom is 0.241 e. The summed E-state index contributed by atoms with van der Waals surface area (Å²) in [7, 11) is 2.07. The van der Waals surface area contributed by atoms with Crippen molar-refractivity contribution in [1.29, 1.82) is 5.26 Å². The Labute approximate surface area is 156 Å². The van der Waals surface area contributed by atoms with Crippen LogP contribution in [0.4, 0.5) is 5.95 Å². The number of hydrogen-bond acceptors (Lipinski definition) is 7. The zero-order valence-corrected chi connectivity index (χ0v) is 15.3. The Morgan fingerprint density at radius 3 is 3.00 bits per heavy atom. The molecule has 0 radical (unpaired) electrons. The third-order valence-electron chi connectivity index (χ3n) is 5.19. The quantitative estimate of drug-likeness (QED) is 0.831. The number of halogens is 1. The number of aliphatic hydroxyl groups is 1. The molecular weight excluding hydrogens is 356 g/mol. The molecule has 4 rings (SSSR count). The van der Waals surface area contributed by atoms with Gasteiger partial charge in [-0.1, -0.05) is 11.6 Å². The van der Waals surface area contributed by atoms with Crippen molar-refractivity contribution in [3.63, 3.8) is 0 Å². The lowest BCUT2D eigenvalue weighted by Gasteiger charge is -2.28. The molecule has 2 aliphatic heterocycles. The van der Waals surface area contributed by atoms with E-state index in [-0.39, 0.29) is 12.0 Å². The summed E-state index contributed by atoms with van der Waals surface area (Å²) < 4.78 is 7.00. The van der Waals surface area contributed by atoms with Crippen LogP contribution in [0.5, 0.6) is 0 Å². The molecule has 0 amide bonds. The number of likely N-dealkylation sites (tertiary alicyclic amines) is 1. The largest absolute Gasteiger partial charge is 0.389 e. The van der Waals surface area contributed by atoms with Crippen LogP contribution in [0.1, 0.15) is 30.0 Å². The zero-order chi connectivity index (χ0) is 18.3. The van der Waals surface area contributed by atoms with Crippen molar-refractivity contribution in [1.82, 2.24) is 19.5 Å². The fraction of sp³-hybridized carbons (Fsp3) is 0.588. The Hall–Kier alpha value is -1.92. The summed E-state index contributed by atoms with van der Waals surface area (Å²) in [5.74, 6) is 0.610. The molecule has 0 aliphatic carbocycles. The lowest BCUT2D eigenvalue weighted by atomic mass is 10.0. The van der Waals surface area contributed by atoms with Crippen LogP contribution in [0.2, 0.25) is 5.02 Å². The number of nitrogens with one attached hydrogen (secondary N) is 1. The van der Waals surface area contributed by atoms with E-state index in [4.69, 9.17) is 16.3 Å². The van der Waals surface area contributed by atoms with E-state index < -0.39 is 6.10 Å². The Balaban J connectivity index is 1.73. The highest BCUT2D eigenvalue weighted by Crippen LogP contribution is 2.35. The highest BCUT2D eigenvalue weighted by molar-refractivity contribution is 6.35. The number of fused-ring (bicyclic) bond motifs is 1. The summed E-state index contributed by atoms with van der Waals surface area (Å²) in [6.07, 6.45) is 2.67. The lowest BCUT2D eigenvalue weighted by molar-refractivity contribution is -0.0136. The minimum atomic E-state index is -0.603. The number of aliphatic hydroxyl groups excluding tert-OH is 1. The van der Waals surface area contributed by atoms with Crippen LogP contribution in [-0.2, 0) is 4.74 Å². The fourth-order valence-corrected chi connectivity index (χ4v) is 4.06. The van der Waals surface area contributed by atoms with Crippen molar-refractivity contribution >= 4 is 23.1 Å². The average Bonchev–Trinajstić information content (AvgIpc) is 3.17. The SMILES string of the molecule is CN1CCC(c2c(C#N)c(Cl)c3cnc(N[C@@H]4CCOC[C@H]4O)nn23)C1. The van der Waals surface area contributed by atoms with Crippen LogP contribution in [-0.4, -0.2) is 70.1 Å². The van der Waals surface area contributed by atoms with E-state index in [9.17, 15) is 10.4 Å². The Kier molecular flexibility index (Phi) is 4.71. The number of nitriles is 1. The van der Waals surface area contributed by atoms with Crippen molar-refractivity contribution < 1.29 is 9.84 Å². The van der Waals surface area contributed by atoms with Crippen LogP contribution in [0, 0.1) is 11.3 Å². The van der Waals surface area contributed by atoms with Crippen molar-refractivity contribution in [2.45, 2.75) is 30.9 Å². The van der Waals surface area contributed by atoms with E-state index in [1.807, 2.05) is 0 Å². The first-order chi connectivity index (χ1) is 12.6. The summed E-state index contributed by atoms with van der Waals surface area (Å²) in [6.45, 7) is 2.73. The van der Waals surface area contributed by atoms with Gasteiger partial charge in [0.25, 0.3) is 0 Å². The summed E-state index contributed by atoms with van der Waals surface area (Å²) in [5, 5.41) is 27.9. The fourth-order valence-electron chi connectivity index (χ4n) is 3.80. The van der Waals surface area contributed by atoms with Crippen LogP contribution in [0.15, 0.2) is 6.20 Å². The maximum absolute atomic E-state index is 10.1. The normalized spacial score (nSPS) is 26.9. The molecule has 2 N–H and O–H groups in total. The molecule has 0 aromatic carbocycles. The summed E-state index contributed by atoms with van der Waals surface area (Å²) in [4.78, 5) is 6.56. The minimum absolute atomic E-state index is 0.163. The van der Waals surface area contributed by atoms with Crippen molar-refractivity contribution in [2.24, 2.45) is 0 Å². The topological polar surface area (TPSA) is 98.7 Å². The Morgan fingerprint density at radius 2 is 2.31 bits per heavy atom. The number of nitrogens with zero attached hydrogens (tertiary/aromatic N) is 5. The van der Waals surface area contributed by atoms with E-state index in [2.05, 4.69) is 33.4 Å². The molecule has 0 bridgehead atoms. The number of aromatic nitrogens is 3. The first-order valence-corrected chi connectivity index (χ1v) is 9.14. The van der Waals surface area contributed by atoms with Gasteiger partial charge in [0.2, 0.25) is 5.95 Å². The van der Waals surface area contributed by atoms with Gasteiger partial charge in [0.1, 0.15) is 11.6 Å².